The highest BCUT2D eigenvalue weighted by molar-refractivity contribution is 5.92. The van der Waals surface area contributed by atoms with Gasteiger partial charge in [0.1, 0.15) is 5.69 Å². The molecule has 0 saturated carbocycles. The molecule has 0 aliphatic rings. The summed E-state index contributed by atoms with van der Waals surface area (Å²) in [5.41, 5.74) is 1.16. The summed E-state index contributed by atoms with van der Waals surface area (Å²) in [5, 5.41) is 2.78. The molecule has 5 nitrogen and oxygen atoms in total. The molecule has 0 atom stereocenters. The third-order valence-electron chi connectivity index (χ3n) is 3.30. The van der Waals surface area contributed by atoms with E-state index < -0.39 is 11.6 Å². The van der Waals surface area contributed by atoms with E-state index in [9.17, 15) is 13.6 Å². The van der Waals surface area contributed by atoms with Crippen LogP contribution in [-0.2, 0) is 0 Å². The second-order valence-corrected chi connectivity index (χ2v) is 4.95. The van der Waals surface area contributed by atoms with Crippen LogP contribution in [0.15, 0.2) is 24.3 Å². The van der Waals surface area contributed by atoms with E-state index in [1.54, 1.807) is 17.9 Å². The minimum Gasteiger partial charge on any atom is -0.338 e. The van der Waals surface area contributed by atoms with Crippen LogP contribution in [0, 0.1) is 18.6 Å². The second kappa shape index (κ2) is 7.13. The molecule has 0 saturated heterocycles. The Morgan fingerprint density at radius 3 is 2.43 bits per heavy atom. The number of nitrogens with one attached hydrogen (secondary N) is 1. The zero-order valence-electron chi connectivity index (χ0n) is 13.2. The number of benzene rings is 1. The number of carbonyl (C=O) groups excluding carboxylic acids is 1. The Kier molecular flexibility index (Phi) is 5.20. The highest BCUT2D eigenvalue weighted by atomic mass is 19.2. The molecular formula is C16H18F2N4O. The number of anilines is 2. The van der Waals surface area contributed by atoms with Crippen LogP contribution >= 0.6 is 0 Å². The van der Waals surface area contributed by atoms with Crippen molar-refractivity contribution in [2.45, 2.75) is 20.8 Å². The Morgan fingerprint density at radius 1 is 1.13 bits per heavy atom. The zero-order chi connectivity index (χ0) is 17.0. The predicted octanol–water partition coefficient (Wildman–Crippen LogP) is 3.29. The zero-order valence-corrected chi connectivity index (χ0v) is 13.2. The van der Waals surface area contributed by atoms with Gasteiger partial charge < -0.3 is 10.2 Å². The van der Waals surface area contributed by atoms with Crippen molar-refractivity contribution in [3.05, 3.63) is 47.3 Å². The molecule has 1 heterocycles. The van der Waals surface area contributed by atoms with Crippen LogP contribution in [0.25, 0.3) is 0 Å². The van der Waals surface area contributed by atoms with E-state index in [2.05, 4.69) is 15.3 Å². The summed E-state index contributed by atoms with van der Waals surface area (Å²) in [5.74, 6) is -1.94. The first kappa shape index (κ1) is 16.8. The van der Waals surface area contributed by atoms with Gasteiger partial charge in [-0.25, -0.2) is 18.7 Å². The number of aromatic nitrogens is 2. The maximum Gasteiger partial charge on any atom is 0.272 e. The van der Waals surface area contributed by atoms with Crippen LogP contribution in [0.5, 0.6) is 0 Å². The van der Waals surface area contributed by atoms with Gasteiger partial charge in [-0.05, 0) is 39.0 Å². The molecule has 23 heavy (non-hydrogen) atoms. The Morgan fingerprint density at radius 2 is 1.83 bits per heavy atom. The Labute approximate surface area is 133 Å². The molecule has 2 rings (SSSR count). The van der Waals surface area contributed by atoms with Crippen LogP contribution in [0.1, 0.15) is 30.0 Å². The number of rotatable bonds is 5. The summed E-state index contributed by atoms with van der Waals surface area (Å²) in [6.45, 7) is 6.65. The lowest BCUT2D eigenvalue weighted by molar-refractivity contribution is 0.0767. The molecule has 0 unspecified atom stereocenters. The number of aryl methyl sites for hydroxylation is 1. The standard InChI is InChI=1S/C16H18F2N4O/c1-4-22(5-2)15(23)14-8-10(3)19-16(21-14)20-11-6-7-12(17)13(18)9-11/h6-9H,4-5H2,1-3H3,(H,19,20,21). The van der Waals surface area contributed by atoms with Gasteiger partial charge in [0.2, 0.25) is 5.95 Å². The van der Waals surface area contributed by atoms with Gasteiger partial charge in [-0.15, -0.1) is 0 Å². The number of hydrogen-bond donors (Lipinski definition) is 1. The fourth-order valence-corrected chi connectivity index (χ4v) is 2.11. The largest absolute Gasteiger partial charge is 0.338 e. The molecule has 1 N–H and O–H groups in total. The Bertz CT molecular complexity index is 717. The third-order valence-corrected chi connectivity index (χ3v) is 3.30. The average molecular weight is 320 g/mol. The first-order valence-corrected chi connectivity index (χ1v) is 7.31. The Hall–Kier alpha value is -2.57. The van der Waals surface area contributed by atoms with Crippen LogP contribution in [-0.4, -0.2) is 33.9 Å². The predicted molar refractivity (Wildman–Crippen MR) is 83.7 cm³/mol. The highest BCUT2D eigenvalue weighted by Gasteiger charge is 2.16. The van der Waals surface area contributed by atoms with Crippen LogP contribution < -0.4 is 5.32 Å². The van der Waals surface area contributed by atoms with E-state index >= 15 is 0 Å². The molecule has 0 spiro atoms. The van der Waals surface area contributed by atoms with E-state index in [1.165, 1.54) is 6.07 Å². The van der Waals surface area contributed by atoms with Crippen molar-refractivity contribution >= 4 is 17.5 Å². The van der Waals surface area contributed by atoms with Crippen LogP contribution in [0.3, 0.4) is 0 Å². The number of hydrogen-bond acceptors (Lipinski definition) is 4. The monoisotopic (exact) mass is 320 g/mol. The maximum absolute atomic E-state index is 13.2. The minimum absolute atomic E-state index is 0.159. The first-order chi connectivity index (χ1) is 10.9. The topological polar surface area (TPSA) is 58.1 Å². The molecule has 0 bridgehead atoms. The molecule has 0 aliphatic heterocycles. The SMILES string of the molecule is CCN(CC)C(=O)c1cc(C)nc(Nc2ccc(F)c(F)c2)n1. The summed E-state index contributed by atoms with van der Waals surface area (Å²) in [7, 11) is 0. The summed E-state index contributed by atoms with van der Waals surface area (Å²) in [6, 6.07) is 4.98. The molecule has 1 amide bonds. The van der Waals surface area contributed by atoms with Crippen molar-refractivity contribution in [2.75, 3.05) is 18.4 Å². The number of amides is 1. The second-order valence-electron chi connectivity index (χ2n) is 4.95. The van der Waals surface area contributed by atoms with Gasteiger partial charge in [-0.3, -0.25) is 4.79 Å². The quantitative estimate of drug-likeness (QED) is 0.918. The van der Waals surface area contributed by atoms with Crippen LogP contribution in [0.4, 0.5) is 20.4 Å². The smallest absolute Gasteiger partial charge is 0.272 e. The van der Waals surface area contributed by atoms with Crippen molar-refractivity contribution in [1.29, 1.82) is 0 Å². The summed E-state index contributed by atoms with van der Waals surface area (Å²) >= 11 is 0. The van der Waals surface area contributed by atoms with Crippen molar-refractivity contribution in [3.8, 4) is 0 Å². The van der Waals surface area contributed by atoms with Gasteiger partial charge >= 0.3 is 0 Å². The molecule has 1 aromatic heterocycles. The summed E-state index contributed by atoms with van der Waals surface area (Å²) in [4.78, 5) is 22.3. The van der Waals surface area contributed by atoms with E-state index in [1.807, 2.05) is 13.8 Å². The summed E-state index contributed by atoms with van der Waals surface area (Å²) in [6.07, 6.45) is 0. The molecule has 0 aliphatic carbocycles. The molecule has 122 valence electrons. The van der Waals surface area contributed by atoms with Crippen molar-refractivity contribution in [2.24, 2.45) is 0 Å². The van der Waals surface area contributed by atoms with Gasteiger partial charge in [0.25, 0.3) is 5.91 Å². The number of halogens is 2. The maximum atomic E-state index is 13.2. The molecule has 0 fully saturated rings. The van der Waals surface area contributed by atoms with Crippen LogP contribution in [0.2, 0.25) is 0 Å². The summed E-state index contributed by atoms with van der Waals surface area (Å²) < 4.78 is 26.2. The van der Waals surface area contributed by atoms with E-state index in [-0.39, 0.29) is 17.5 Å². The van der Waals surface area contributed by atoms with E-state index in [0.717, 1.165) is 12.1 Å². The normalized spacial score (nSPS) is 10.5. The lowest BCUT2D eigenvalue weighted by Crippen LogP contribution is -2.31. The fraction of sp³-hybridized carbons (Fsp3) is 0.312. The third kappa shape index (κ3) is 4.00. The molecular weight excluding hydrogens is 302 g/mol. The number of carbonyl (C=O) groups is 1. The van der Waals surface area contributed by atoms with Gasteiger partial charge in [0.15, 0.2) is 11.6 Å². The molecule has 0 radical (unpaired) electrons. The fourth-order valence-electron chi connectivity index (χ4n) is 2.11. The van der Waals surface area contributed by atoms with E-state index in [0.29, 0.717) is 24.5 Å². The van der Waals surface area contributed by atoms with Crippen molar-refractivity contribution < 1.29 is 13.6 Å². The Balaban J connectivity index is 2.29. The van der Waals surface area contributed by atoms with E-state index in [4.69, 9.17) is 0 Å². The minimum atomic E-state index is -0.970. The lowest BCUT2D eigenvalue weighted by atomic mass is 10.3. The first-order valence-electron chi connectivity index (χ1n) is 7.31. The number of nitrogens with zero attached hydrogens (tertiary/aromatic N) is 3. The van der Waals surface area contributed by atoms with Crippen molar-refractivity contribution in [3.63, 3.8) is 0 Å². The van der Waals surface area contributed by atoms with Gasteiger partial charge in [0.05, 0.1) is 0 Å². The lowest BCUT2D eigenvalue weighted by Gasteiger charge is -2.18. The van der Waals surface area contributed by atoms with Gasteiger partial charge in [0, 0.05) is 30.5 Å². The molecule has 1 aromatic carbocycles. The molecule has 7 heteroatoms. The highest BCUT2D eigenvalue weighted by Crippen LogP contribution is 2.17. The van der Waals surface area contributed by atoms with Gasteiger partial charge in [-0.1, -0.05) is 0 Å². The molecule has 2 aromatic rings. The average Bonchev–Trinajstić information content (AvgIpc) is 2.51. The van der Waals surface area contributed by atoms with Crippen molar-refractivity contribution in [1.82, 2.24) is 14.9 Å². The van der Waals surface area contributed by atoms with Gasteiger partial charge in [-0.2, -0.15) is 0 Å².